The van der Waals surface area contributed by atoms with Crippen LogP contribution in [0.3, 0.4) is 0 Å². The van der Waals surface area contributed by atoms with Crippen molar-refractivity contribution in [3.05, 3.63) is 400 Å². The summed E-state index contributed by atoms with van der Waals surface area (Å²) in [5, 5.41) is 0. The highest BCUT2D eigenvalue weighted by atomic mass is 16.5. The molecule has 7 heteroatoms. The molecule has 4 bridgehead atoms. The second-order valence-electron chi connectivity index (χ2n) is 35.8. The first-order chi connectivity index (χ1) is 60.1. The highest BCUT2D eigenvalue weighted by Crippen LogP contribution is 2.59. The minimum absolute atomic E-state index is 0.272. The van der Waals surface area contributed by atoms with Crippen LogP contribution in [0.1, 0.15) is 58.4 Å². The lowest BCUT2D eigenvalue weighted by molar-refractivity contribution is 0.0900. The normalized spacial score (nSPS) is 16.6. The van der Waals surface area contributed by atoms with Crippen LogP contribution in [0, 0.1) is 11.8 Å². The second kappa shape index (κ2) is 28.8. The van der Waals surface area contributed by atoms with Crippen LogP contribution < -0.4 is 57.1 Å². The van der Waals surface area contributed by atoms with Gasteiger partial charge in [-0.1, -0.05) is 336 Å². The lowest BCUT2D eigenvalue weighted by atomic mass is 9.30. The van der Waals surface area contributed by atoms with Gasteiger partial charge in [-0.3, -0.25) is 0 Å². The Morgan fingerprint density at radius 1 is 0.246 bits per heavy atom. The van der Waals surface area contributed by atoms with E-state index < -0.39 is 0 Å². The topological polar surface area (TPSA) is 22.2 Å². The third kappa shape index (κ3) is 11.8. The van der Waals surface area contributed by atoms with Crippen LogP contribution in [0.5, 0.6) is 11.5 Å². The van der Waals surface area contributed by atoms with Crippen LogP contribution in [-0.2, 0) is 5.41 Å². The minimum Gasteiger partial charge on any atom is -0.458 e. The molecule has 8 aliphatic rings. The molecule has 122 heavy (non-hydrogen) atoms. The van der Waals surface area contributed by atoms with E-state index in [4.69, 9.17) is 4.74 Å². The Bertz CT molecular complexity index is 6750. The van der Waals surface area contributed by atoms with Crippen molar-refractivity contribution in [3.63, 3.8) is 0 Å². The van der Waals surface area contributed by atoms with Crippen molar-refractivity contribution in [1.82, 2.24) is 0 Å². The molecule has 6 aliphatic heterocycles. The van der Waals surface area contributed by atoms with Gasteiger partial charge in [-0.25, -0.2) is 0 Å². The lowest BCUT2D eigenvalue weighted by Crippen LogP contribution is -2.64. The highest BCUT2D eigenvalue weighted by molar-refractivity contribution is 7.02. The first-order valence-corrected chi connectivity index (χ1v) is 43.8. The smallest absolute Gasteiger partial charge is 0.256 e. The molecule has 17 aromatic carbocycles. The molecule has 0 spiro atoms. The molecular weight excluding hydrogens is 1470 g/mol. The number of para-hydroxylation sites is 2. The summed E-state index contributed by atoms with van der Waals surface area (Å²) in [6.45, 7) is 6.51. The van der Waals surface area contributed by atoms with Crippen LogP contribution in [-0.4, -0.2) is 25.5 Å². The number of fused-ring (bicyclic) bond motifs is 8. The summed E-state index contributed by atoms with van der Waals surface area (Å²) in [5.41, 5.74) is 40.4. The molecule has 6 heterocycles. The maximum Gasteiger partial charge on any atom is 0.256 e. The molecule has 0 atom stereocenters. The van der Waals surface area contributed by atoms with E-state index in [9.17, 15) is 0 Å². The maximum absolute atomic E-state index is 8.23. The SMILES string of the molecule is CC(C)(C)c1cc2c3c(c1)N(c1c(-c4ccccc4)cc(-c4ccccc4)cc1-c1ccccc1)c1ccccc1B3c1cc3c(cc1O2)N(c1c(-c2ccccc2)cc(-c2ccccc2)cc1-c1ccccc1)c1cc(N2C4CC5CC(C4)CC2C5)cc2c1B3c1ccccc1N2c1c(-c2ccccc2)cc(-c2ccccc2)cc1-c1ccccc1. The third-order valence-corrected chi connectivity index (χ3v) is 27.6. The van der Waals surface area contributed by atoms with Crippen LogP contribution in [0.15, 0.2) is 394 Å². The summed E-state index contributed by atoms with van der Waals surface area (Å²) < 4.78 is 8.23. The van der Waals surface area contributed by atoms with Gasteiger partial charge in [0.2, 0.25) is 0 Å². The standard InChI is InChI=1S/C115H88B2N4O/c1-115(2,3)88-68-105-111-109(69-88)122-108-73-104-100(72-101(108)117(111)99-54-32-34-56-103(99)119(105)112-92(79-41-19-7-20-42-79)62-85(76-35-13-4-14-36-76)63-93(112)80-43-21-8-22-44-80)116-98-53-31-33-55-102(98)120(113-94(81-45-23-9-24-46-81)64-86(77-37-15-5-16-38-77)65-95(113)82-47-25-10-26-48-82)106-70-91(118-89-58-74-57-75(60-89)61-90(118)59-74)71-107(110(106)116)121(104)114-96(83-49-27-11-28-50-83)66-87(78-39-17-6-18-40-78)67-97(114)84-51-29-12-30-52-84/h4-56,62-75,89-90H,57-61H2,1-3H3. The Morgan fingerprint density at radius 3 is 0.893 bits per heavy atom. The van der Waals surface area contributed by atoms with Crippen molar-refractivity contribution in [1.29, 1.82) is 0 Å². The number of anilines is 10. The molecule has 4 fully saturated rings. The largest absolute Gasteiger partial charge is 0.458 e. The number of piperidine rings is 2. The van der Waals surface area contributed by atoms with Gasteiger partial charge in [0.15, 0.2) is 0 Å². The van der Waals surface area contributed by atoms with Crippen molar-refractivity contribution in [3.8, 4) is 112 Å². The molecule has 0 unspecified atom stereocenters. The Balaban J connectivity index is 0.830. The molecule has 25 rings (SSSR count). The third-order valence-electron chi connectivity index (χ3n) is 27.6. The molecule has 17 aromatic rings. The van der Waals surface area contributed by atoms with Crippen molar-refractivity contribution >= 4 is 103 Å². The summed E-state index contributed by atoms with van der Waals surface area (Å²) in [6, 6.07) is 150. The van der Waals surface area contributed by atoms with E-state index in [1.54, 1.807) is 0 Å². The van der Waals surface area contributed by atoms with Gasteiger partial charge in [-0.2, -0.15) is 0 Å². The Morgan fingerprint density at radius 2 is 0.549 bits per heavy atom. The van der Waals surface area contributed by atoms with Crippen molar-refractivity contribution in [2.24, 2.45) is 11.8 Å². The van der Waals surface area contributed by atoms with Gasteiger partial charge in [0.25, 0.3) is 13.4 Å². The Labute approximate surface area is 716 Å². The van der Waals surface area contributed by atoms with Crippen LogP contribution >= 0.6 is 0 Å². The molecule has 0 radical (unpaired) electrons. The van der Waals surface area contributed by atoms with Gasteiger partial charge < -0.3 is 24.3 Å². The molecule has 2 saturated heterocycles. The van der Waals surface area contributed by atoms with Crippen molar-refractivity contribution < 1.29 is 4.74 Å². The average molecular weight is 1560 g/mol. The zero-order chi connectivity index (χ0) is 80.8. The summed E-state index contributed by atoms with van der Waals surface area (Å²) >= 11 is 0. The first kappa shape index (κ1) is 71.9. The van der Waals surface area contributed by atoms with Crippen LogP contribution in [0.4, 0.5) is 56.9 Å². The number of ether oxygens (including phenoxy) is 1. The van der Waals surface area contributed by atoms with E-state index >= 15 is 0 Å². The summed E-state index contributed by atoms with van der Waals surface area (Å²) in [5.74, 6) is 3.21. The van der Waals surface area contributed by atoms with E-state index in [1.165, 1.54) is 93.3 Å². The molecule has 580 valence electrons. The van der Waals surface area contributed by atoms with E-state index in [0.29, 0.717) is 12.1 Å². The van der Waals surface area contributed by atoms with Crippen molar-refractivity contribution in [2.75, 3.05) is 19.6 Å². The van der Waals surface area contributed by atoms with Gasteiger partial charge in [0.05, 0.1) is 17.1 Å². The average Bonchev–Trinajstić information content (AvgIpc) is 0.679. The van der Waals surface area contributed by atoms with E-state index in [1.807, 2.05) is 0 Å². The number of hydrogen-bond donors (Lipinski definition) is 0. The Hall–Kier alpha value is -14.1. The zero-order valence-electron chi connectivity index (χ0n) is 68.7. The molecular formula is C115H88B2N4O. The molecule has 2 aliphatic carbocycles. The zero-order valence-corrected chi connectivity index (χ0v) is 68.7. The van der Waals surface area contributed by atoms with Crippen molar-refractivity contribution in [2.45, 2.75) is 70.4 Å². The number of benzene rings is 17. The predicted molar refractivity (Wildman–Crippen MR) is 514 cm³/mol. The number of rotatable bonds is 13. The molecule has 0 N–H and O–H groups in total. The monoisotopic (exact) mass is 1560 g/mol. The molecule has 5 nitrogen and oxygen atoms in total. The first-order valence-electron chi connectivity index (χ1n) is 43.8. The summed E-state index contributed by atoms with van der Waals surface area (Å²) in [7, 11) is 0. The highest BCUT2D eigenvalue weighted by Gasteiger charge is 2.52. The molecule has 2 saturated carbocycles. The summed E-state index contributed by atoms with van der Waals surface area (Å²) in [6.07, 6.45) is 6.21. The summed E-state index contributed by atoms with van der Waals surface area (Å²) in [4.78, 5) is 11.1. The number of nitrogens with zero attached hydrogens (tertiary/aromatic N) is 4. The fourth-order valence-electron chi connectivity index (χ4n) is 22.4. The predicted octanol–water partition coefficient (Wildman–Crippen LogP) is 26.2. The molecule has 0 aromatic heterocycles. The van der Waals surface area contributed by atoms with Gasteiger partial charge in [0.1, 0.15) is 11.5 Å². The maximum atomic E-state index is 8.23. The quantitative estimate of drug-likeness (QED) is 0.107. The second-order valence-corrected chi connectivity index (χ2v) is 35.8. The Kier molecular flexibility index (Phi) is 17.0. The minimum atomic E-state index is -0.294. The molecule has 0 amide bonds. The van der Waals surface area contributed by atoms with E-state index in [-0.39, 0.29) is 18.8 Å². The van der Waals surface area contributed by atoms with E-state index in [0.717, 1.165) is 158 Å². The van der Waals surface area contributed by atoms with Gasteiger partial charge in [-0.15, -0.1) is 0 Å². The fourth-order valence-corrected chi connectivity index (χ4v) is 22.4. The van der Waals surface area contributed by atoms with Gasteiger partial charge >= 0.3 is 0 Å². The van der Waals surface area contributed by atoms with E-state index in [2.05, 4.69) is 435 Å². The van der Waals surface area contributed by atoms with Crippen LogP contribution in [0.25, 0.3) is 100 Å². The lowest BCUT2D eigenvalue weighted by Gasteiger charge is -2.58. The van der Waals surface area contributed by atoms with Crippen LogP contribution in [0.2, 0.25) is 0 Å². The fraction of sp³-hybridized carbons (Fsp3) is 0.113. The van der Waals surface area contributed by atoms with Gasteiger partial charge in [-0.05, 0) is 227 Å². The number of hydrogen-bond acceptors (Lipinski definition) is 5. The van der Waals surface area contributed by atoms with Gasteiger partial charge in [0, 0.05) is 91.3 Å².